The molecule has 0 heteroatoms. The van der Waals surface area contributed by atoms with Crippen molar-refractivity contribution in [1.82, 2.24) is 0 Å². The molecular weight excluding hydrogens is 444 g/mol. The molecule has 37 heavy (non-hydrogen) atoms. The van der Waals surface area contributed by atoms with Crippen molar-refractivity contribution < 1.29 is 0 Å². The Hall–Kier alpha value is -4.08. The van der Waals surface area contributed by atoms with Gasteiger partial charge in [0.05, 0.1) is 0 Å². The molecule has 0 fully saturated rings. The van der Waals surface area contributed by atoms with Gasteiger partial charge in [0.1, 0.15) is 0 Å². The van der Waals surface area contributed by atoms with E-state index in [-0.39, 0.29) is 10.8 Å². The zero-order valence-corrected chi connectivity index (χ0v) is 22.2. The molecule has 0 nitrogen and oxygen atoms in total. The van der Waals surface area contributed by atoms with Crippen molar-refractivity contribution in [2.45, 2.75) is 45.4 Å². The minimum Gasteiger partial charge on any atom is -0.0622 e. The van der Waals surface area contributed by atoms with Crippen LogP contribution in [-0.2, 0) is 10.8 Å². The zero-order chi connectivity index (χ0) is 25.5. The second-order valence-corrected chi connectivity index (χ2v) is 11.7. The van der Waals surface area contributed by atoms with E-state index in [1.807, 2.05) is 0 Å². The zero-order valence-electron chi connectivity index (χ0n) is 22.2. The molecule has 0 atom stereocenters. The lowest BCUT2D eigenvalue weighted by molar-refractivity contribution is 0.639. The van der Waals surface area contributed by atoms with Crippen LogP contribution in [0.25, 0.3) is 33.0 Å². The highest BCUT2D eigenvalue weighted by Crippen LogP contribution is 2.59. The Morgan fingerprint density at radius 1 is 0.514 bits per heavy atom. The second-order valence-electron chi connectivity index (χ2n) is 11.7. The highest BCUT2D eigenvalue weighted by Gasteiger charge is 2.45. The van der Waals surface area contributed by atoms with E-state index in [9.17, 15) is 0 Å². The number of benzene rings is 5. The summed E-state index contributed by atoms with van der Waals surface area (Å²) in [5.41, 5.74) is 14.4. The van der Waals surface area contributed by atoms with Crippen LogP contribution in [0.4, 0.5) is 0 Å². The van der Waals surface area contributed by atoms with Gasteiger partial charge in [-0.2, -0.15) is 0 Å². The number of aryl methyl sites for hydroxylation is 1. The van der Waals surface area contributed by atoms with Gasteiger partial charge in [0.2, 0.25) is 0 Å². The molecule has 0 bridgehead atoms. The molecule has 2 aliphatic carbocycles. The Bertz CT molecular complexity index is 1820. The van der Waals surface area contributed by atoms with E-state index in [0.29, 0.717) is 0 Å². The van der Waals surface area contributed by atoms with E-state index in [0.717, 1.165) is 11.1 Å². The van der Waals surface area contributed by atoms with Gasteiger partial charge >= 0.3 is 0 Å². The predicted molar refractivity (Wildman–Crippen MR) is 156 cm³/mol. The standard InChI is InChI=1S/C37H30/c1-23-19-30-35-33-28(23)15-10-16-29(33)36(2,3)31-21-25(22-32(34(31)35)37(30,4)5)18-17-24-11-9-14-27(20-24)26-12-7-6-8-13-26/h6-16,19-22H,1-5H3. The van der Waals surface area contributed by atoms with Crippen molar-refractivity contribution >= 4 is 10.8 Å². The fourth-order valence-corrected chi connectivity index (χ4v) is 6.74. The van der Waals surface area contributed by atoms with Crippen molar-refractivity contribution in [2.24, 2.45) is 0 Å². The lowest BCUT2D eigenvalue weighted by Crippen LogP contribution is -2.24. The summed E-state index contributed by atoms with van der Waals surface area (Å²) in [5, 5.41) is 2.85. The van der Waals surface area contributed by atoms with Crippen molar-refractivity contribution in [2.75, 3.05) is 0 Å². The quantitative estimate of drug-likeness (QED) is 0.212. The summed E-state index contributed by atoms with van der Waals surface area (Å²) in [5.74, 6) is 7.04. The Labute approximate surface area is 220 Å². The summed E-state index contributed by atoms with van der Waals surface area (Å²) in [6, 6.07) is 33.1. The molecule has 178 valence electrons. The predicted octanol–water partition coefficient (Wildman–Crippen LogP) is 9.16. The van der Waals surface area contributed by atoms with Gasteiger partial charge < -0.3 is 0 Å². The van der Waals surface area contributed by atoms with E-state index < -0.39 is 0 Å². The third kappa shape index (κ3) is 3.04. The van der Waals surface area contributed by atoms with Gasteiger partial charge in [0.15, 0.2) is 0 Å². The summed E-state index contributed by atoms with van der Waals surface area (Å²) in [6.45, 7) is 11.8. The summed E-state index contributed by atoms with van der Waals surface area (Å²) >= 11 is 0. The van der Waals surface area contributed by atoms with Gasteiger partial charge in [-0.15, -0.1) is 0 Å². The molecule has 0 aliphatic heterocycles. The highest BCUT2D eigenvalue weighted by atomic mass is 14.5. The maximum atomic E-state index is 3.55. The molecule has 0 saturated heterocycles. The van der Waals surface area contributed by atoms with E-state index in [2.05, 4.69) is 137 Å². The van der Waals surface area contributed by atoms with Gasteiger partial charge in [-0.05, 0) is 92.0 Å². The van der Waals surface area contributed by atoms with Gasteiger partial charge in [-0.3, -0.25) is 0 Å². The molecule has 0 N–H and O–H groups in total. The van der Waals surface area contributed by atoms with Crippen LogP contribution in [0.15, 0.2) is 91.0 Å². The SMILES string of the molecule is Cc1cc2c3c4c(cccc14)C(C)(C)c1cc(C#Cc4cccc(-c5ccccc5)c4)cc(c1-3)C2(C)C. The molecule has 0 spiro atoms. The molecule has 0 unspecified atom stereocenters. The van der Waals surface area contributed by atoms with Gasteiger partial charge in [-0.1, -0.05) is 106 Å². The van der Waals surface area contributed by atoms with E-state index >= 15 is 0 Å². The molecule has 0 saturated carbocycles. The minimum absolute atomic E-state index is 0.0587. The van der Waals surface area contributed by atoms with Crippen LogP contribution in [0.1, 0.15) is 66.6 Å². The summed E-state index contributed by atoms with van der Waals surface area (Å²) in [7, 11) is 0. The molecule has 0 heterocycles. The van der Waals surface area contributed by atoms with Crippen molar-refractivity contribution in [3.8, 4) is 34.1 Å². The number of hydrogen-bond acceptors (Lipinski definition) is 0. The van der Waals surface area contributed by atoms with Gasteiger partial charge in [-0.25, -0.2) is 0 Å². The van der Waals surface area contributed by atoms with Crippen LogP contribution in [0.5, 0.6) is 0 Å². The molecule has 0 radical (unpaired) electrons. The maximum absolute atomic E-state index is 3.55. The fourth-order valence-electron chi connectivity index (χ4n) is 6.74. The van der Waals surface area contributed by atoms with Crippen LogP contribution in [-0.4, -0.2) is 0 Å². The third-order valence-corrected chi connectivity index (χ3v) is 8.77. The van der Waals surface area contributed by atoms with Gasteiger partial charge in [0.25, 0.3) is 0 Å². The first-order valence-corrected chi connectivity index (χ1v) is 13.2. The van der Waals surface area contributed by atoms with E-state index in [4.69, 9.17) is 0 Å². The normalized spacial score (nSPS) is 15.4. The fraction of sp³-hybridized carbons (Fsp3) is 0.189. The number of rotatable bonds is 1. The molecule has 0 amide bonds. The first-order chi connectivity index (χ1) is 17.8. The van der Waals surface area contributed by atoms with Crippen LogP contribution in [0.3, 0.4) is 0 Å². The lowest BCUT2D eigenvalue weighted by atomic mass is 9.68. The van der Waals surface area contributed by atoms with Crippen LogP contribution in [0.2, 0.25) is 0 Å². The lowest BCUT2D eigenvalue weighted by Gasteiger charge is -2.35. The van der Waals surface area contributed by atoms with Crippen molar-refractivity contribution in [3.63, 3.8) is 0 Å². The molecular formula is C37H30. The highest BCUT2D eigenvalue weighted by molar-refractivity contribution is 6.09. The monoisotopic (exact) mass is 474 g/mol. The minimum atomic E-state index is -0.0903. The van der Waals surface area contributed by atoms with Gasteiger partial charge in [0, 0.05) is 22.0 Å². The Balaban J connectivity index is 1.43. The second kappa shape index (κ2) is 7.47. The van der Waals surface area contributed by atoms with Crippen LogP contribution in [0, 0.1) is 18.8 Å². The Morgan fingerprint density at radius 3 is 1.89 bits per heavy atom. The first-order valence-electron chi connectivity index (χ1n) is 13.2. The molecule has 0 aromatic heterocycles. The van der Waals surface area contributed by atoms with Crippen molar-refractivity contribution in [1.29, 1.82) is 0 Å². The Morgan fingerprint density at radius 2 is 1.14 bits per heavy atom. The summed E-state index contributed by atoms with van der Waals surface area (Å²) in [4.78, 5) is 0. The first kappa shape index (κ1) is 22.1. The smallest absolute Gasteiger partial charge is 0.0255 e. The molecule has 7 rings (SSSR count). The average Bonchev–Trinajstić information content (AvgIpc) is 3.13. The molecule has 5 aromatic carbocycles. The molecule has 2 aliphatic rings. The maximum Gasteiger partial charge on any atom is 0.0255 e. The number of hydrogen-bond donors (Lipinski definition) is 0. The largest absolute Gasteiger partial charge is 0.0622 e. The van der Waals surface area contributed by atoms with Crippen LogP contribution >= 0.6 is 0 Å². The van der Waals surface area contributed by atoms with E-state index in [1.54, 1.807) is 0 Å². The van der Waals surface area contributed by atoms with E-state index in [1.165, 1.54) is 60.8 Å². The summed E-state index contributed by atoms with van der Waals surface area (Å²) < 4.78 is 0. The van der Waals surface area contributed by atoms with Crippen molar-refractivity contribution in [3.05, 3.63) is 130 Å². The Kier molecular flexibility index (Phi) is 4.47. The third-order valence-electron chi connectivity index (χ3n) is 8.77. The topological polar surface area (TPSA) is 0 Å². The average molecular weight is 475 g/mol. The molecule has 5 aromatic rings. The summed E-state index contributed by atoms with van der Waals surface area (Å²) in [6.07, 6.45) is 0. The van der Waals surface area contributed by atoms with Crippen LogP contribution < -0.4 is 0 Å².